The smallest absolute Gasteiger partial charge is 0.343 e. The number of piperidine rings is 1. The Kier molecular flexibility index (Phi) is 9.23. The molecule has 0 bridgehead atoms. The number of aromatic nitrogens is 4. The van der Waals surface area contributed by atoms with E-state index in [2.05, 4.69) is 67.1 Å². The summed E-state index contributed by atoms with van der Waals surface area (Å²) in [4.78, 5) is 85.0. The number of hydrogen-bond acceptors (Lipinski definition) is 10. The predicted molar refractivity (Wildman–Crippen MR) is 211 cm³/mol. The van der Waals surface area contributed by atoms with Crippen LogP contribution in [0, 0.1) is 0 Å². The summed E-state index contributed by atoms with van der Waals surface area (Å²) < 4.78 is 3.65. The third-order valence-corrected chi connectivity index (χ3v) is 11.4. The molecule has 58 heavy (non-hydrogen) atoms. The van der Waals surface area contributed by atoms with Gasteiger partial charge in [-0.1, -0.05) is 18.2 Å². The van der Waals surface area contributed by atoms with E-state index in [9.17, 15) is 28.8 Å². The van der Waals surface area contributed by atoms with Gasteiger partial charge in [0, 0.05) is 55.9 Å². The second-order valence-corrected chi connectivity index (χ2v) is 15.3. The average Bonchev–Trinajstić information content (AvgIpc) is 3.90. The summed E-state index contributed by atoms with van der Waals surface area (Å²) in [6.07, 6.45) is 5.30. The van der Waals surface area contributed by atoms with Crippen molar-refractivity contribution in [2.24, 2.45) is 0 Å². The van der Waals surface area contributed by atoms with Crippen molar-refractivity contribution in [2.45, 2.75) is 51.4 Å². The molecule has 17 nitrogen and oxygen atoms in total. The number of fused-ring (bicyclic) bond motifs is 4. The zero-order chi connectivity index (χ0) is 40.2. The predicted octanol–water partition coefficient (Wildman–Crippen LogP) is 3.39. The molecule has 3 aromatic heterocycles. The Balaban J connectivity index is 0.765. The van der Waals surface area contributed by atoms with Crippen LogP contribution in [0.5, 0.6) is 0 Å². The minimum Gasteiger partial charge on any atom is -0.371 e. The number of nitrogens with zero attached hydrogens (tertiary/aromatic N) is 8. The second-order valence-electron chi connectivity index (χ2n) is 15.3. The number of rotatable bonds is 9. The summed E-state index contributed by atoms with van der Waals surface area (Å²) >= 11 is 0. The van der Waals surface area contributed by atoms with E-state index in [4.69, 9.17) is 0 Å². The highest BCUT2D eigenvalue weighted by Crippen LogP contribution is 2.29. The molecule has 17 heteroatoms. The van der Waals surface area contributed by atoms with Crippen molar-refractivity contribution in [2.75, 3.05) is 43.4 Å². The summed E-state index contributed by atoms with van der Waals surface area (Å²) in [6, 6.07) is 18.5. The van der Waals surface area contributed by atoms with E-state index in [1.165, 1.54) is 0 Å². The zero-order valence-corrected chi connectivity index (χ0v) is 32.0. The maximum absolute atomic E-state index is 13.3. The first-order valence-electron chi connectivity index (χ1n) is 19.3. The summed E-state index contributed by atoms with van der Waals surface area (Å²) in [6.45, 7) is 5.34. The SMILES string of the molecule is C[C@@H]1CNC(=O)c2cc3ccc(C(=O)Nc4cnn(Cc5ccc(N6CCC(N(C)Cc7ccc8c(c7)C(=O)N(N7CCC(=O)NC7=O)C8=O)CC6)cc5)c4)nc3n21. The Bertz CT molecular complexity index is 2520. The molecule has 0 spiro atoms. The first kappa shape index (κ1) is 36.7. The summed E-state index contributed by atoms with van der Waals surface area (Å²) in [7, 11) is 2.07. The number of hydrogen-bond donors (Lipinski definition) is 3. The average molecular weight is 784 g/mol. The standard InChI is InChI=1S/C41H41N11O6/c1-24-19-42-38(55)34-18-27-6-10-33(45-36(27)51(24)34)37(54)44-28-20-43-49(23-28)22-25-3-7-30(8-4-25)48-14-11-29(12-15-48)47(2)21-26-5-9-31-32(17-26)40(57)52(39(31)56)50-16-13-35(53)46-41(50)58/h3-10,17-18,20,23-24,29H,11-16,19,21-22H2,1-2H3,(H,42,55)(H,44,54)(H,46,53,58)/t24-/m1/s1. The van der Waals surface area contributed by atoms with Crippen LogP contribution in [-0.4, -0.2) is 109 Å². The Labute approximate surface area is 332 Å². The molecule has 2 aromatic carbocycles. The van der Waals surface area contributed by atoms with Gasteiger partial charge in [0.2, 0.25) is 5.91 Å². The van der Waals surface area contributed by atoms with Crippen molar-refractivity contribution >= 4 is 58.0 Å². The Morgan fingerprint density at radius 1 is 0.914 bits per heavy atom. The summed E-state index contributed by atoms with van der Waals surface area (Å²) in [5.41, 5.74) is 5.54. The molecule has 9 rings (SSSR count). The van der Waals surface area contributed by atoms with Crippen LogP contribution in [0.2, 0.25) is 0 Å². The monoisotopic (exact) mass is 783 g/mol. The molecule has 0 aliphatic carbocycles. The molecule has 2 fully saturated rings. The molecular formula is C41H41N11O6. The third kappa shape index (κ3) is 6.72. The van der Waals surface area contributed by atoms with E-state index in [1.807, 2.05) is 23.6 Å². The lowest BCUT2D eigenvalue weighted by atomic mass is 10.0. The molecule has 0 saturated carbocycles. The Hall–Kier alpha value is -6.88. The van der Waals surface area contributed by atoms with Gasteiger partial charge in [-0.3, -0.25) is 38.9 Å². The molecule has 1 atom stereocenters. The normalized spacial score (nSPS) is 18.5. The lowest BCUT2D eigenvalue weighted by Crippen LogP contribution is -2.58. The fourth-order valence-corrected chi connectivity index (χ4v) is 8.30. The molecule has 7 heterocycles. The van der Waals surface area contributed by atoms with Crippen LogP contribution in [0.15, 0.2) is 73.1 Å². The van der Waals surface area contributed by atoms with E-state index in [0.717, 1.165) is 58.1 Å². The van der Waals surface area contributed by atoms with Gasteiger partial charge < -0.3 is 20.1 Å². The molecular weight excluding hydrogens is 743 g/mol. The van der Waals surface area contributed by atoms with Crippen molar-refractivity contribution < 1.29 is 28.8 Å². The van der Waals surface area contributed by atoms with Gasteiger partial charge in [-0.05, 0) is 80.4 Å². The minimum absolute atomic E-state index is 0.00976. The molecule has 0 radical (unpaired) electrons. The fourth-order valence-electron chi connectivity index (χ4n) is 8.30. The van der Waals surface area contributed by atoms with Gasteiger partial charge in [0.25, 0.3) is 23.6 Å². The number of carbonyl (C=O) groups is 6. The van der Waals surface area contributed by atoms with Gasteiger partial charge in [0.15, 0.2) is 0 Å². The summed E-state index contributed by atoms with van der Waals surface area (Å²) in [5.74, 6) is -2.10. The van der Waals surface area contributed by atoms with Crippen molar-refractivity contribution in [3.63, 3.8) is 0 Å². The number of anilines is 2. The quantitative estimate of drug-likeness (QED) is 0.187. The fraction of sp³-hybridized carbons (Fsp3) is 0.317. The number of amides is 7. The van der Waals surface area contributed by atoms with Crippen molar-refractivity contribution in [1.29, 1.82) is 0 Å². The maximum atomic E-state index is 13.3. The Morgan fingerprint density at radius 3 is 2.45 bits per heavy atom. The van der Waals surface area contributed by atoms with Crippen LogP contribution in [0.3, 0.4) is 0 Å². The number of imide groups is 2. The molecule has 7 amide bonds. The lowest BCUT2D eigenvalue weighted by Gasteiger charge is -2.38. The third-order valence-electron chi connectivity index (χ3n) is 11.4. The highest BCUT2D eigenvalue weighted by molar-refractivity contribution is 6.22. The zero-order valence-electron chi connectivity index (χ0n) is 32.0. The van der Waals surface area contributed by atoms with Gasteiger partial charge in [-0.15, -0.1) is 0 Å². The number of benzene rings is 2. The molecule has 296 valence electrons. The summed E-state index contributed by atoms with van der Waals surface area (Å²) in [5, 5.41) is 15.0. The second kappa shape index (κ2) is 14.6. The number of nitrogens with one attached hydrogen (secondary N) is 3. The topological polar surface area (TPSA) is 187 Å². The van der Waals surface area contributed by atoms with Gasteiger partial charge in [0.1, 0.15) is 17.0 Å². The first-order chi connectivity index (χ1) is 28.0. The largest absolute Gasteiger partial charge is 0.371 e. The van der Waals surface area contributed by atoms with E-state index < -0.39 is 23.8 Å². The van der Waals surface area contributed by atoms with Gasteiger partial charge >= 0.3 is 6.03 Å². The molecule has 2 saturated heterocycles. The molecule has 4 aliphatic heterocycles. The highest BCUT2D eigenvalue weighted by atomic mass is 16.2. The van der Waals surface area contributed by atoms with E-state index in [1.54, 1.807) is 41.3 Å². The van der Waals surface area contributed by atoms with Crippen LogP contribution in [0.1, 0.15) is 85.0 Å². The van der Waals surface area contributed by atoms with Crippen molar-refractivity contribution in [3.8, 4) is 0 Å². The molecule has 0 unspecified atom stereocenters. The number of carbonyl (C=O) groups excluding carboxylic acids is 6. The number of hydrazine groups is 1. The van der Waals surface area contributed by atoms with Crippen LogP contribution in [0.25, 0.3) is 11.0 Å². The van der Waals surface area contributed by atoms with Gasteiger partial charge in [-0.25, -0.2) is 14.8 Å². The molecule has 4 aliphatic rings. The van der Waals surface area contributed by atoms with Crippen molar-refractivity contribution in [3.05, 3.63) is 107 Å². The molecule has 3 N–H and O–H groups in total. The highest BCUT2D eigenvalue weighted by Gasteiger charge is 2.43. The van der Waals surface area contributed by atoms with Gasteiger partial charge in [-0.2, -0.15) is 10.1 Å². The van der Waals surface area contributed by atoms with E-state index in [-0.39, 0.29) is 47.6 Å². The first-order valence-corrected chi connectivity index (χ1v) is 19.3. The number of urea groups is 1. The lowest BCUT2D eigenvalue weighted by molar-refractivity contribution is -0.122. The van der Waals surface area contributed by atoms with Crippen LogP contribution in [0.4, 0.5) is 16.2 Å². The van der Waals surface area contributed by atoms with Crippen LogP contribution >= 0.6 is 0 Å². The Morgan fingerprint density at radius 2 is 1.67 bits per heavy atom. The van der Waals surface area contributed by atoms with Gasteiger partial charge in [0.05, 0.1) is 42.1 Å². The van der Waals surface area contributed by atoms with Crippen LogP contribution < -0.4 is 20.9 Å². The molecule has 5 aromatic rings. The minimum atomic E-state index is -0.783. The maximum Gasteiger partial charge on any atom is 0.343 e. The van der Waals surface area contributed by atoms with Crippen molar-refractivity contribution in [1.82, 2.24) is 44.9 Å². The van der Waals surface area contributed by atoms with E-state index >= 15 is 0 Å². The van der Waals surface area contributed by atoms with Crippen LogP contribution in [-0.2, 0) is 17.9 Å². The number of pyridine rings is 1. The van der Waals surface area contributed by atoms with E-state index in [0.29, 0.717) is 42.7 Å².